The summed E-state index contributed by atoms with van der Waals surface area (Å²) in [5, 5.41) is 3.47. The van der Waals surface area contributed by atoms with Crippen molar-refractivity contribution in [3.05, 3.63) is 29.6 Å². The number of hydrogen-bond donors (Lipinski definition) is 1. The maximum absolute atomic E-state index is 4.43. The second-order valence-corrected chi connectivity index (χ2v) is 4.17. The molecule has 17 heavy (non-hydrogen) atoms. The highest BCUT2D eigenvalue weighted by molar-refractivity contribution is 5.19. The minimum atomic E-state index is 0.880. The lowest BCUT2D eigenvalue weighted by atomic mass is 10.1. The third-order valence-corrected chi connectivity index (χ3v) is 3.16. The monoisotopic (exact) mass is 235 g/mol. The van der Waals surface area contributed by atoms with E-state index < -0.39 is 0 Å². The molecular formula is C14H25N3. The standard InChI is InChI=1S/C14H25N3/c1-4-13-8-7-9-16-14(13)12-15-10-11-17(5-2)6-3/h7-9,15H,4-6,10-12H2,1-3H3. The summed E-state index contributed by atoms with van der Waals surface area (Å²) >= 11 is 0. The molecule has 0 fully saturated rings. The number of nitrogens with one attached hydrogen (secondary N) is 1. The smallest absolute Gasteiger partial charge is 0.0573 e. The molecular weight excluding hydrogens is 210 g/mol. The Kier molecular flexibility index (Phi) is 6.82. The molecule has 0 atom stereocenters. The molecule has 0 aromatic carbocycles. The van der Waals surface area contributed by atoms with Gasteiger partial charge in [0, 0.05) is 25.8 Å². The molecule has 3 nitrogen and oxygen atoms in total. The largest absolute Gasteiger partial charge is 0.310 e. The number of pyridine rings is 1. The van der Waals surface area contributed by atoms with Gasteiger partial charge in [-0.1, -0.05) is 26.8 Å². The van der Waals surface area contributed by atoms with Gasteiger partial charge in [-0.2, -0.15) is 0 Å². The van der Waals surface area contributed by atoms with Gasteiger partial charge < -0.3 is 10.2 Å². The lowest BCUT2D eigenvalue weighted by Crippen LogP contribution is -2.31. The van der Waals surface area contributed by atoms with E-state index in [1.54, 1.807) is 0 Å². The summed E-state index contributed by atoms with van der Waals surface area (Å²) in [6, 6.07) is 4.17. The van der Waals surface area contributed by atoms with Crippen molar-refractivity contribution < 1.29 is 0 Å². The number of hydrogen-bond acceptors (Lipinski definition) is 3. The van der Waals surface area contributed by atoms with E-state index in [0.717, 1.165) is 39.1 Å². The Bertz CT molecular complexity index is 308. The summed E-state index contributed by atoms with van der Waals surface area (Å²) in [5.41, 5.74) is 2.54. The quantitative estimate of drug-likeness (QED) is 0.699. The van der Waals surface area contributed by atoms with E-state index in [4.69, 9.17) is 0 Å². The van der Waals surface area contributed by atoms with Crippen molar-refractivity contribution in [2.75, 3.05) is 26.2 Å². The summed E-state index contributed by atoms with van der Waals surface area (Å²) in [4.78, 5) is 6.85. The average Bonchev–Trinajstić information content (AvgIpc) is 2.39. The Morgan fingerprint density at radius 1 is 1.24 bits per heavy atom. The summed E-state index contributed by atoms with van der Waals surface area (Å²) in [6.07, 6.45) is 2.93. The molecule has 0 aliphatic rings. The van der Waals surface area contributed by atoms with Gasteiger partial charge in [-0.15, -0.1) is 0 Å². The highest BCUT2D eigenvalue weighted by Gasteiger charge is 2.01. The summed E-state index contributed by atoms with van der Waals surface area (Å²) in [6.45, 7) is 11.9. The zero-order valence-corrected chi connectivity index (χ0v) is 11.4. The van der Waals surface area contributed by atoms with Gasteiger partial charge in [-0.25, -0.2) is 0 Å². The van der Waals surface area contributed by atoms with E-state index >= 15 is 0 Å². The van der Waals surface area contributed by atoms with Crippen molar-refractivity contribution in [1.29, 1.82) is 0 Å². The van der Waals surface area contributed by atoms with Gasteiger partial charge in [0.1, 0.15) is 0 Å². The van der Waals surface area contributed by atoms with E-state index in [9.17, 15) is 0 Å². The molecule has 96 valence electrons. The van der Waals surface area contributed by atoms with Crippen LogP contribution in [-0.2, 0) is 13.0 Å². The van der Waals surface area contributed by atoms with E-state index in [2.05, 4.69) is 42.0 Å². The van der Waals surface area contributed by atoms with Crippen LogP contribution in [0.4, 0.5) is 0 Å². The molecule has 1 rings (SSSR count). The first-order chi connectivity index (χ1) is 8.31. The summed E-state index contributed by atoms with van der Waals surface area (Å²) in [7, 11) is 0. The molecule has 1 aromatic rings. The highest BCUT2D eigenvalue weighted by Crippen LogP contribution is 2.05. The van der Waals surface area contributed by atoms with Crippen molar-refractivity contribution in [2.24, 2.45) is 0 Å². The fourth-order valence-corrected chi connectivity index (χ4v) is 1.94. The predicted molar refractivity (Wildman–Crippen MR) is 73.1 cm³/mol. The molecule has 1 aromatic heterocycles. The Morgan fingerprint density at radius 2 is 2.00 bits per heavy atom. The van der Waals surface area contributed by atoms with Crippen LogP contribution in [0.5, 0.6) is 0 Å². The van der Waals surface area contributed by atoms with Gasteiger partial charge in [-0.3, -0.25) is 4.98 Å². The van der Waals surface area contributed by atoms with Crippen LogP contribution in [0.1, 0.15) is 32.0 Å². The van der Waals surface area contributed by atoms with Gasteiger partial charge >= 0.3 is 0 Å². The molecule has 0 amide bonds. The Morgan fingerprint density at radius 3 is 2.65 bits per heavy atom. The molecule has 3 heteroatoms. The Balaban J connectivity index is 2.30. The zero-order valence-electron chi connectivity index (χ0n) is 11.4. The molecule has 0 radical (unpaired) electrons. The second-order valence-electron chi connectivity index (χ2n) is 4.17. The molecule has 0 aliphatic carbocycles. The summed E-state index contributed by atoms with van der Waals surface area (Å²) < 4.78 is 0. The average molecular weight is 235 g/mol. The highest BCUT2D eigenvalue weighted by atomic mass is 15.1. The molecule has 0 saturated carbocycles. The van der Waals surface area contributed by atoms with Crippen LogP contribution in [0.15, 0.2) is 18.3 Å². The first-order valence-corrected chi connectivity index (χ1v) is 6.67. The third-order valence-electron chi connectivity index (χ3n) is 3.16. The number of aromatic nitrogens is 1. The van der Waals surface area contributed by atoms with Gasteiger partial charge in [0.15, 0.2) is 0 Å². The minimum Gasteiger partial charge on any atom is -0.310 e. The van der Waals surface area contributed by atoms with Gasteiger partial charge in [0.25, 0.3) is 0 Å². The first kappa shape index (κ1) is 14.1. The van der Waals surface area contributed by atoms with Crippen molar-refractivity contribution in [1.82, 2.24) is 15.2 Å². The van der Waals surface area contributed by atoms with Crippen LogP contribution in [0.3, 0.4) is 0 Å². The number of nitrogens with zero attached hydrogens (tertiary/aromatic N) is 2. The maximum Gasteiger partial charge on any atom is 0.0573 e. The third kappa shape index (κ3) is 4.84. The molecule has 1 heterocycles. The number of aryl methyl sites for hydroxylation is 1. The SMILES string of the molecule is CCc1cccnc1CNCCN(CC)CC. The van der Waals surface area contributed by atoms with Crippen LogP contribution in [0, 0.1) is 0 Å². The van der Waals surface area contributed by atoms with Crippen LogP contribution in [0.2, 0.25) is 0 Å². The van der Waals surface area contributed by atoms with Crippen molar-refractivity contribution in [2.45, 2.75) is 33.7 Å². The molecule has 1 N–H and O–H groups in total. The van der Waals surface area contributed by atoms with Crippen LogP contribution in [-0.4, -0.2) is 36.1 Å². The molecule has 0 saturated heterocycles. The Labute approximate surface area is 105 Å². The Hall–Kier alpha value is -0.930. The normalized spacial score (nSPS) is 11.1. The number of rotatable bonds is 8. The first-order valence-electron chi connectivity index (χ1n) is 6.67. The van der Waals surface area contributed by atoms with Crippen LogP contribution < -0.4 is 5.32 Å². The molecule has 0 spiro atoms. The lowest BCUT2D eigenvalue weighted by molar-refractivity contribution is 0.302. The maximum atomic E-state index is 4.43. The molecule has 0 unspecified atom stereocenters. The van der Waals surface area contributed by atoms with Crippen molar-refractivity contribution >= 4 is 0 Å². The summed E-state index contributed by atoms with van der Waals surface area (Å²) in [5.74, 6) is 0. The minimum absolute atomic E-state index is 0.880. The number of likely N-dealkylation sites (N-methyl/N-ethyl adjacent to an activating group) is 1. The van der Waals surface area contributed by atoms with E-state index in [1.165, 1.54) is 11.3 Å². The fourth-order valence-electron chi connectivity index (χ4n) is 1.94. The van der Waals surface area contributed by atoms with Gasteiger partial charge in [-0.05, 0) is 31.1 Å². The van der Waals surface area contributed by atoms with Crippen LogP contribution >= 0.6 is 0 Å². The van der Waals surface area contributed by atoms with E-state index in [-0.39, 0.29) is 0 Å². The topological polar surface area (TPSA) is 28.2 Å². The fraction of sp³-hybridized carbons (Fsp3) is 0.643. The van der Waals surface area contributed by atoms with E-state index in [0.29, 0.717) is 0 Å². The van der Waals surface area contributed by atoms with Crippen LogP contribution in [0.25, 0.3) is 0 Å². The van der Waals surface area contributed by atoms with Crippen molar-refractivity contribution in [3.8, 4) is 0 Å². The zero-order chi connectivity index (χ0) is 12.5. The molecule has 0 bridgehead atoms. The van der Waals surface area contributed by atoms with E-state index in [1.807, 2.05) is 12.3 Å². The van der Waals surface area contributed by atoms with Gasteiger partial charge in [0.05, 0.1) is 5.69 Å². The predicted octanol–water partition coefficient (Wildman–Crippen LogP) is 2.08. The van der Waals surface area contributed by atoms with Gasteiger partial charge in [0.2, 0.25) is 0 Å². The molecule has 0 aliphatic heterocycles. The van der Waals surface area contributed by atoms with Crippen molar-refractivity contribution in [3.63, 3.8) is 0 Å². The lowest BCUT2D eigenvalue weighted by Gasteiger charge is -2.18. The second kappa shape index (κ2) is 8.20.